The Bertz CT molecular complexity index is 529. The highest BCUT2D eigenvalue weighted by Gasteiger charge is 2.10. The maximum absolute atomic E-state index is 10.3. The van der Waals surface area contributed by atoms with Crippen LogP contribution in [0.1, 0.15) is 33.9 Å². The number of benzene rings is 2. The number of hydrogen-bond donors (Lipinski definition) is 1. The Balaban J connectivity index is 2.36. The highest BCUT2D eigenvalue weighted by molar-refractivity contribution is 5.36. The van der Waals surface area contributed by atoms with Crippen LogP contribution in [0.5, 0.6) is 0 Å². The first kappa shape index (κ1) is 11.9. The van der Waals surface area contributed by atoms with Gasteiger partial charge in [-0.05, 0) is 43.0 Å². The normalized spacial score (nSPS) is 12.5. The van der Waals surface area contributed by atoms with Crippen molar-refractivity contribution in [2.75, 3.05) is 0 Å². The number of aryl methyl sites for hydroxylation is 3. The van der Waals surface area contributed by atoms with Gasteiger partial charge in [0.05, 0.1) is 0 Å². The number of aliphatic hydroxyl groups excluding tert-OH is 1. The van der Waals surface area contributed by atoms with Gasteiger partial charge in [-0.15, -0.1) is 0 Å². The second kappa shape index (κ2) is 4.72. The van der Waals surface area contributed by atoms with Crippen molar-refractivity contribution in [3.63, 3.8) is 0 Å². The third kappa shape index (κ3) is 2.56. The highest BCUT2D eigenvalue weighted by atomic mass is 16.3. The zero-order chi connectivity index (χ0) is 12.4. The molecule has 1 atom stereocenters. The van der Waals surface area contributed by atoms with Crippen LogP contribution in [0.4, 0.5) is 0 Å². The van der Waals surface area contributed by atoms with E-state index in [1.165, 1.54) is 16.7 Å². The van der Waals surface area contributed by atoms with Crippen molar-refractivity contribution in [2.24, 2.45) is 0 Å². The van der Waals surface area contributed by atoms with Crippen molar-refractivity contribution in [1.82, 2.24) is 0 Å². The van der Waals surface area contributed by atoms with Crippen LogP contribution in [0, 0.1) is 20.8 Å². The SMILES string of the molecule is Cc1cccc(C(O)c2ccc(C)c(C)c2)c1. The molecule has 0 spiro atoms. The van der Waals surface area contributed by atoms with Crippen LogP contribution in [0.3, 0.4) is 0 Å². The third-order valence-corrected chi connectivity index (χ3v) is 3.20. The zero-order valence-electron chi connectivity index (χ0n) is 10.6. The van der Waals surface area contributed by atoms with E-state index in [-0.39, 0.29) is 0 Å². The molecule has 0 aromatic heterocycles. The lowest BCUT2D eigenvalue weighted by Crippen LogP contribution is -2.00. The second-order valence-electron chi connectivity index (χ2n) is 4.66. The second-order valence-corrected chi connectivity index (χ2v) is 4.66. The van der Waals surface area contributed by atoms with Crippen LogP contribution in [0.25, 0.3) is 0 Å². The van der Waals surface area contributed by atoms with Gasteiger partial charge in [0.15, 0.2) is 0 Å². The summed E-state index contributed by atoms with van der Waals surface area (Å²) in [5.41, 5.74) is 5.55. The van der Waals surface area contributed by atoms with E-state index in [9.17, 15) is 5.11 Å². The summed E-state index contributed by atoms with van der Waals surface area (Å²) >= 11 is 0. The average Bonchev–Trinajstić information content (AvgIpc) is 2.32. The molecule has 1 N–H and O–H groups in total. The van der Waals surface area contributed by atoms with Crippen LogP contribution < -0.4 is 0 Å². The van der Waals surface area contributed by atoms with Crippen molar-refractivity contribution >= 4 is 0 Å². The van der Waals surface area contributed by atoms with Gasteiger partial charge in [0.25, 0.3) is 0 Å². The van der Waals surface area contributed by atoms with E-state index in [2.05, 4.69) is 26.0 Å². The Morgan fingerprint density at radius 1 is 0.824 bits per heavy atom. The molecule has 0 saturated carbocycles. The smallest absolute Gasteiger partial charge is 0.104 e. The van der Waals surface area contributed by atoms with Gasteiger partial charge in [-0.2, -0.15) is 0 Å². The summed E-state index contributed by atoms with van der Waals surface area (Å²) in [5.74, 6) is 0. The first-order chi connectivity index (χ1) is 8.08. The Labute approximate surface area is 103 Å². The molecule has 88 valence electrons. The molecular formula is C16H18O. The van der Waals surface area contributed by atoms with Gasteiger partial charge in [0.1, 0.15) is 6.10 Å². The average molecular weight is 226 g/mol. The maximum atomic E-state index is 10.3. The molecule has 0 radical (unpaired) electrons. The van der Waals surface area contributed by atoms with Crippen LogP contribution in [0.15, 0.2) is 42.5 Å². The van der Waals surface area contributed by atoms with Gasteiger partial charge in [-0.1, -0.05) is 48.0 Å². The fourth-order valence-electron chi connectivity index (χ4n) is 1.97. The first-order valence-electron chi connectivity index (χ1n) is 5.89. The quantitative estimate of drug-likeness (QED) is 0.828. The molecule has 17 heavy (non-hydrogen) atoms. The van der Waals surface area contributed by atoms with Crippen LogP contribution >= 0.6 is 0 Å². The summed E-state index contributed by atoms with van der Waals surface area (Å²) in [5, 5.41) is 10.3. The summed E-state index contributed by atoms with van der Waals surface area (Å²) in [6, 6.07) is 14.1. The lowest BCUT2D eigenvalue weighted by Gasteiger charge is -2.13. The zero-order valence-corrected chi connectivity index (χ0v) is 10.6. The molecule has 0 bridgehead atoms. The lowest BCUT2D eigenvalue weighted by atomic mass is 9.97. The van der Waals surface area contributed by atoms with Gasteiger partial charge in [-0.3, -0.25) is 0 Å². The van der Waals surface area contributed by atoms with Crippen LogP contribution in [-0.4, -0.2) is 5.11 Å². The Morgan fingerprint density at radius 3 is 2.18 bits per heavy atom. The van der Waals surface area contributed by atoms with Crippen molar-refractivity contribution in [3.8, 4) is 0 Å². The van der Waals surface area contributed by atoms with E-state index in [0.29, 0.717) is 0 Å². The minimum absolute atomic E-state index is 0.533. The number of rotatable bonds is 2. The first-order valence-corrected chi connectivity index (χ1v) is 5.89. The largest absolute Gasteiger partial charge is 0.384 e. The van der Waals surface area contributed by atoms with E-state index in [0.717, 1.165) is 11.1 Å². The molecule has 0 amide bonds. The summed E-state index contributed by atoms with van der Waals surface area (Å²) in [7, 11) is 0. The Hall–Kier alpha value is -1.60. The molecular weight excluding hydrogens is 208 g/mol. The minimum atomic E-state index is -0.533. The van der Waals surface area contributed by atoms with Crippen molar-refractivity contribution in [2.45, 2.75) is 26.9 Å². The van der Waals surface area contributed by atoms with Gasteiger partial charge in [-0.25, -0.2) is 0 Å². The monoisotopic (exact) mass is 226 g/mol. The molecule has 0 saturated heterocycles. The standard InChI is InChI=1S/C16H18O/c1-11-5-4-6-14(9-11)16(17)15-8-7-12(2)13(3)10-15/h4-10,16-17H,1-3H3. The molecule has 0 aliphatic carbocycles. The van der Waals surface area contributed by atoms with E-state index >= 15 is 0 Å². The van der Waals surface area contributed by atoms with Gasteiger partial charge in [0.2, 0.25) is 0 Å². The predicted molar refractivity (Wildman–Crippen MR) is 71.2 cm³/mol. The van der Waals surface area contributed by atoms with Crippen LogP contribution in [0.2, 0.25) is 0 Å². The molecule has 1 nitrogen and oxygen atoms in total. The number of aliphatic hydroxyl groups is 1. The fraction of sp³-hybridized carbons (Fsp3) is 0.250. The van der Waals surface area contributed by atoms with E-state index in [1.54, 1.807) is 0 Å². The molecule has 0 aliphatic rings. The summed E-state index contributed by atoms with van der Waals surface area (Å²) in [6.07, 6.45) is -0.533. The molecule has 2 aromatic carbocycles. The Morgan fingerprint density at radius 2 is 1.53 bits per heavy atom. The number of hydrogen-bond acceptors (Lipinski definition) is 1. The van der Waals surface area contributed by atoms with E-state index in [1.807, 2.05) is 37.3 Å². The molecule has 1 heteroatoms. The topological polar surface area (TPSA) is 20.2 Å². The lowest BCUT2D eigenvalue weighted by molar-refractivity contribution is 0.220. The molecule has 2 rings (SSSR count). The third-order valence-electron chi connectivity index (χ3n) is 3.20. The van der Waals surface area contributed by atoms with Crippen molar-refractivity contribution in [3.05, 3.63) is 70.3 Å². The maximum Gasteiger partial charge on any atom is 0.104 e. The highest BCUT2D eigenvalue weighted by Crippen LogP contribution is 2.24. The minimum Gasteiger partial charge on any atom is -0.384 e. The molecule has 0 aliphatic heterocycles. The molecule has 2 aromatic rings. The molecule has 0 heterocycles. The van der Waals surface area contributed by atoms with Crippen molar-refractivity contribution in [1.29, 1.82) is 0 Å². The van der Waals surface area contributed by atoms with Gasteiger partial charge < -0.3 is 5.11 Å². The molecule has 0 fully saturated rings. The fourth-order valence-corrected chi connectivity index (χ4v) is 1.97. The van der Waals surface area contributed by atoms with Crippen LogP contribution in [-0.2, 0) is 0 Å². The van der Waals surface area contributed by atoms with E-state index < -0.39 is 6.10 Å². The van der Waals surface area contributed by atoms with E-state index in [4.69, 9.17) is 0 Å². The van der Waals surface area contributed by atoms with Gasteiger partial charge in [0, 0.05) is 0 Å². The summed E-state index contributed by atoms with van der Waals surface area (Å²) in [4.78, 5) is 0. The van der Waals surface area contributed by atoms with Gasteiger partial charge >= 0.3 is 0 Å². The molecule has 1 unspecified atom stereocenters. The summed E-state index contributed by atoms with van der Waals surface area (Å²) < 4.78 is 0. The van der Waals surface area contributed by atoms with Crippen molar-refractivity contribution < 1.29 is 5.11 Å². The predicted octanol–water partition coefficient (Wildman–Crippen LogP) is 3.69. The summed E-state index contributed by atoms with van der Waals surface area (Å²) in [6.45, 7) is 6.19. The Kier molecular flexibility index (Phi) is 3.30.